The Bertz CT molecular complexity index is 984. The molecule has 0 saturated heterocycles. The molecule has 0 bridgehead atoms. The van der Waals surface area contributed by atoms with Gasteiger partial charge in [-0.1, -0.05) is 18.2 Å². The number of furan rings is 1. The molecular formula is C20H17N3O4. The number of nitriles is 1. The van der Waals surface area contributed by atoms with Gasteiger partial charge in [-0.15, -0.1) is 0 Å². The van der Waals surface area contributed by atoms with Gasteiger partial charge in [0.2, 0.25) is 0 Å². The summed E-state index contributed by atoms with van der Waals surface area (Å²) in [5, 5.41) is 13.4. The maximum Gasteiger partial charge on any atom is 0.307 e. The van der Waals surface area contributed by atoms with Crippen LogP contribution in [0.2, 0.25) is 0 Å². The average Bonchev–Trinajstić information content (AvgIpc) is 3.12. The van der Waals surface area contributed by atoms with E-state index in [1.807, 2.05) is 31.2 Å². The van der Waals surface area contributed by atoms with E-state index in [2.05, 4.69) is 10.5 Å². The first-order valence-corrected chi connectivity index (χ1v) is 8.30. The number of nitrogens with one attached hydrogen (secondary N) is 1. The molecule has 0 saturated carbocycles. The summed E-state index contributed by atoms with van der Waals surface area (Å²) in [4.78, 5) is 12.2. The fraction of sp³-hybridized carbons (Fsp3) is 0.150. The van der Waals surface area contributed by atoms with Crippen molar-refractivity contribution in [3.05, 3.63) is 59.9 Å². The van der Waals surface area contributed by atoms with E-state index in [1.165, 1.54) is 6.21 Å². The summed E-state index contributed by atoms with van der Waals surface area (Å²) in [6, 6.07) is 16.1. The Morgan fingerprint density at radius 3 is 2.85 bits per heavy atom. The summed E-state index contributed by atoms with van der Waals surface area (Å²) in [6.45, 7) is 2.23. The number of benzene rings is 2. The van der Waals surface area contributed by atoms with E-state index in [1.54, 1.807) is 30.3 Å². The molecule has 3 aromatic rings. The largest absolute Gasteiger partial charge is 0.490 e. The van der Waals surface area contributed by atoms with Crippen LogP contribution in [0.5, 0.6) is 11.5 Å². The Morgan fingerprint density at radius 2 is 2.07 bits per heavy atom. The van der Waals surface area contributed by atoms with Crippen molar-refractivity contribution >= 4 is 23.1 Å². The molecule has 1 N–H and O–H groups in total. The molecule has 0 aliphatic carbocycles. The number of para-hydroxylation sites is 1. The Hall–Kier alpha value is -3.79. The highest BCUT2D eigenvalue weighted by Gasteiger charge is 2.11. The van der Waals surface area contributed by atoms with Crippen molar-refractivity contribution < 1.29 is 18.7 Å². The van der Waals surface area contributed by atoms with Crippen molar-refractivity contribution in [1.82, 2.24) is 5.43 Å². The number of fused-ring (bicyclic) bond motifs is 1. The van der Waals surface area contributed by atoms with Crippen LogP contribution in [-0.4, -0.2) is 25.3 Å². The molecular weight excluding hydrogens is 346 g/mol. The van der Waals surface area contributed by atoms with Gasteiger partial charge in [0, 0.05) is 5.39 Å². The second-order valence-electron chi connectivity index (χ2n) is 5.43. The molecule has 1 amide bonds. The van der Waals surface area contributed by atoms with Crippen molar-refractivity contribution in [3.63, 3.8) is 0 Å². The standard InChI is InChI=1S/C20H17N3O4/c1-2-25-18-11-14(7-8-17(18)26-10-9-21)13-22-23-20(24)19-12-15-5-3-4-6-16(15)27-19/h3-8,11-13H,2,10H2,1H3,(H,23,24)/b22-13+. The summed E-state index contributed by atoms with van der Waals surface area (Å²) in [6.07, 6.45) is 1.48. The lowest BCUT2D eigenvalue weighted by Crippen LogP contribution is -2.16. The SMILES string of the molecule is CCOc1cc(/C=N/NC(=O)c2cc3ccccc3o2)ccc1OCC#N. The molecule has 0 aliphatic heterocycles. The van der Waals surface area contributed by atoms with Crippen LogP contribution in [0.3, 0.4) is 0 Å². The van der Waals surface area contributed by atoms with E-state index < -0.39 is 5.91 Å². The minimum absolute atomic E-state index is 0.0684. The summed E-state index contributed by atoms with van der Waals surface area (Å²) >= 11 is 0. The van der Waals surface area contributed by atoms with Gasteiger partial charge in [0.05, 0.1) is 12.8 Å². The molecule has 136 valence electrons. The Kier molecular flexibility index (Phi) is 5.70. The first-order chi connectivity index (χ1) is 13.2. The Labute approximate surface area is 155 Å². The van der Waals surface area contributed by atoms with Gasteiger partial charge in [-0.2, -0.15) is 10.4 Å². The number of ether oxygens (including phenoxy) is 2. The third-order valence-electron chi connectivity index (χ3n) is 3.59. The fourth-order valence-electron chi connectivity index (χ4n) is 2.42. The second-order valence-corrected chi connectivity index (χ2v) is 5.43. The summed E-state index contributed by atoms with van der Waals surface area (Å²) in [7, 11) is 0. The lowest BCUT2D eigenvalue weighted by Gasteiger charge is -2.10. The van der Waals surface area contributed by atoms with Crippen LogP contribution in [0, 0.1) is 11.3 Å². The van der Waals surface area contributed by atoms with Gasteiger partial charge in [0.25, 0.3) is 0 Å². The second kappa shape index (κ2) is 8.54. The van der Waals surface area contributed by atoms with Gasteiger partial charge in [-0.25, -0.2) is 5.43 Å². The van der Waals surface area contributed by atoms with Gasteiger partial charge < -0.3 is 13.9 Å². The van der Waals surface area contributed by atoms with Crippen LogP contribution >= 0.6 is 0 Å². The number of rotatable bonds is 7. The molecule has 0 unspecified atom stereocenters. The molecule has 7 nitrogen and oxygen atoms in total. The number of carbonyl (C=O) groups is 1. The zero-order valence-corrected chi connectivity index (χ0v) is 14.6. The maximum absolute atomic E-state index is 12.2. The minimum atomic E-state index is -0.443. The number of carbonyl (C=O) groups excluding carboxylic acids is 1. The topological polar surface area (TPSA) is 96.8 Å². The predicted molar refractivity (Wildman–Crippen MR) is 100.0 cm³/mol. The first-order valence-electron chi connectivity index (χ1n) is 8.30. The highest BCUT2D eigenvalue weighted by Crippen LogP contribution is 2.28. The molecule has 1 heterocycles. The quantitative estimate of drug-likeness (QED) is 0.512. The monoisotopic (exact) mass is 363 g/mol. The van der Waals surface area contributed by atoms with Crippen molar-refractivity contribution in [2.45, 2.75) is 6.92 Å². The third-order valence-corrected chi connectivity index (χ3v) is 3.59. The molecule has 2 aromatic carbocycles. The van der Waals surface area contributed by atoms with Crippen LogP contribution < -0.4 is 14.9 Å². The number of nitrogens with zero attached hydrogens (tertiary/aromatic N) is 2. The zero-order chi connectivity index (χ0) is 19.1. The normalized spacial score (nSPS) is 10.7. The third kappa shape index (κ3) is 4.44. The molecule has 0 radical (unpaired) electrons. The maximum atomic E-state index is 12.2. The van der Waals surface area contributed by atoms with Crippen molar-refractivity contribution in [2.24, 2.45) is 5.10 Å². The molecule has 27 heavy (non-hydrogen) atoms. The lowest BCUT2D eigenvalue weighted by molar-refractivity contribution is 0.0929. The molecule has 0 atom stereocenters. The summed E-state index contributed by atoms with van der Waals surface area (Å²) in [5.41, 5.74) is 3.77. The van der Waals surface area contributed by atoms with E-state index in [9.17, 15) is 4.79 Å². The van der Waals surface area contributed by atoms with E-state index in [0.29, 0.717) is 29.3 Å². The van der Waals surface area contributed by atoms with Crippen LogP contribution in [0.25, 0.3) is 11.0 Å². The molecule has 0 aliphatic rings. The van der Waals surface area contributed by atoms with Crippen molar-refractivity contribution in [2.75, 3.05) is 13.2 Å². The minimum Gasteiger partial charge on any atom is -0.490 e. The molecule has 0 fully saturated rings. The first kappa shape index (κ1) is 18.0. The molecule has 3 rings (SSSR count). The van der Waals surface area contributed by atoms with Crippen LogP contribution in [0.15, 0.2) is 58.0 Å². The number of hydrazone groups is 1. The van der Waals surface area contributed by atoms with Gasteiger partial charge in [0.1, 0.15) is 11.7 Å². The summed E-state index contributed by atoms with van der Waals surface area (Å²) in [5.74, 6) is 0.715. The predicted octanol–water partition coefficient (Wildman–Crippen LogP) is 3.50. The van der Waals surface area contributed by atoms with Crippen LogP contribution in [-0.2, 0) is 0 Å². The van der Waals surface area contributed by atoms with Gasteiger partial charge >= 0.3 is 5.91 Å². The fourth-order valence-corrected chi connectivity index (χ4v) is 2.42. The summed E-state index contributed by atoms with van der Waals surface area (Å²) < 4.78 is 16.3. The molecule has 0 spiro atoms. The van der Waals surface area contributed by atoms with Crippen molar-refractivity contribution in [3.8, 4) is 17.6 Å². The lowest BCUT2D eigenvalue weighted by atomic mass is 10.2. The van der Waals surface area contributed by atoms with Crippen molar-refractivity contribution in [1.29, 1.82) is 5.26 Å². The van der Waals surface area contributed by atoms with Gasteiger partial charge in [-0.05, 0) is 42.8 Å². The molecule has 7 heteroatoms. The van der Waals surface area contributed by atoms with E-state index in [-0.39, 0.29) is 12.4 Å². The highest BCUT2D eigenvalue weighted by molar-refractivity contribution is 5.96. The highest BCUT2D eigenvalue weighted by atomic mass is 16.5. The molecule has 1 aromatic heterocycles. The van der Waals surface area contributed by atoms with E-state index in [0.717, 1.165) is 5.39 Å². The van der Waals surface area contributed by atoms with E-state index in [4.69, 9.17) is 19.2 Å². The van der Waals surface area contributed by atoms with E-state index >= 15 is 0 Å². The number of hydrogen-bond acceptors (Lipinski definition) is 6. The number of hydrogen-bond donors (Lipinski definition) is 1. The smallest absolute Gasteiger partial charge is 0.307 e. The van der Waals surface area contributed by atoms with Crippen LogP contribution in [0.1, 0.15) is 23.0 Å². The van der Waals surface area contributed by atoms with Gasteiger partial charge in [0.15, 0.2) is 23.9 Å². The Balaban J connectivity index is 1.68. The number of amides is 1. The average molecular weight is 363 g/mol. The van der Waals surface area contributed by atoms with Gasteiger partial charge in [-0.3, -0.25) is 4.79 Å². The zero-order valence-electron chi connectivity index (χ0n) is 14.6. The Morgan fingerprint density at radius 1 is 1.22 bits per heavy atom. The van der Waals surface area contributed by atoms with Crippen LogP contribution in [0.4, 0.5) is 0 Å².